The summed E-state index contributed by atoms with van der Waals surface area (Å²) >= 11 is 0. The van der Waals surface area contributed by atoms with E-state index >= 15 is 0 Å². The lowest BCUT2D eigenvalue weighted by molar-refractivity contribution is -0.128. The fourth-order valence-electron chi connectivity index (χ4n) is 3.26. The summed E-state index contributed by atoms with van der Waals surface area (Å²) in [6, 6.07) is 0.178. The molecule has 104 valence electrons. The van der Waals surface area contributed by atoms with Crippen molar-refractivity contribution >= 4 is 5.91 Å². The Morgan fingerprint density at radius 2 is 2.00 bits per heavy atom. The second-order valence-corrected chi connectivity index (χ2v) is 6.38. The highest BCUT2D eigenvalue weighted by Gasteiger charge is 2.37. The third-order valence-corrected chi connectivity index (χ3v) is 4.77. The Balaban J connectivity index is 1.91. The van der Waals surface area contributed by atoms with E-state index < -0.39 is 0 Å². The van der Waals surface area contributed by atoms with Crippen LogP contribution in [-0.2, 0) is 4.79 Å². The highest BCUT2D eigenvalue weighted by molar-refractivity contribution is 5.79. The van der Waals surface area contributed by atoms with Crippen LogP contribution in [0, 0.1) is 11.8 Å². The summed E-state index contributed by atoms with van der Waals surface area (Å²) in [5.41, 5.74) is 5.49. The third kappa shape index (κ3) is 3.04. The van der Waals surface area contributed by atoms with Crippen LogP contribution in [0.15, 0.2) is 0 Å². The van der Waals surface area contributed by atoms with E-state index in [0.29, 0.717) is 5.92 Å². The summed E-state index contributed by atoms with van der Waals surface area (Å²) in [7, 11) is 0. The van der Waals surface area contributed by atoms with Crippen LogP contribution in [-0.4, -0.2) is 29.2 Å². The first-order valence-electron chi connectivity index (χ1n) is 7.23. The molecule has 0 spiro atoms. The van der Waals surface area contributed by atoms with Crippen LogP contribution in [0.2, 0.25) is 0 Å². The Morgan fingerprint density at radius 3 is 2.50 bits per heavy atom. The van der Waals surface area contributed by atoms with Gasteiger partial charge in [-0.2, -0.15) is 0 Å². The number of hydrogen-bond acceptors (Lipinski definition) is 3. The predicted molar refractivity (Wildman–Crippen MR) is 70.9 cm³/mol. The van der Waals surface area contributed by atoms with Gasteiger partial charge in [0.1, 0.15) is 0 Å². The first-order valence-corrected chi connectivity index (χ1v) is 7.23. The van der Waals surface area contributed by atoms with Crippen LogP contribution >= 0.6 is 0 Å². The van der Waals surface area contributed by atoms with E-state index in [1.165, 1.54) is 0 Å². The lowest BCUT2D eigenvalue weighted by Gasteiger charge is -2.39. The van der Waals surface area contributed by atoms with Crippen LogP contribution in [0.25, 0.3) is 0 Å². The van der Waals surface area contributed by atoms with E-state index in [9.17, 15) is 9.90 Å². The number of carbonyl (C=O) groups is 1. The zero-order chi connectivity index (χ0) is 13.2. The van der Waals surface area contributed by atoms with E-state index in [4.69, 9.17) is 5.73 Å². The summed E-state index contributed by atoms with van der Waals surface area (Å²) < 4.78 is 0. The molecule has 0 aromatic carbocycles. The monoisotopic (exact) mass is 254 g/mol. The molecule has 0 bridgehead atoms. The fourth-order valence-corrected chi connectivity index (χ4v) is 3.26. The van der Waals surface area contributed by atoms with Gasteiger partial charge in [-0.15, -0.1) is 0 Å². The molecular formula is C14H26N2O2. The van der Waals surface area contributed by atoms with Gasteiger partial charge in [0.05, 0.1) is 12.1 Å². The van der Waals surface area contributed by atoms with E-state index in [1.807, 2.05) is 0 Å². The first kappa shape index (κ1) is 13.8. The van der Waals surface area contributed by atoms with E-state index in [0.717, 1.165) is 44.9 Å². The van der Waals surface area contributed by atoms with Gasteiger partial charge in [0.15, 0.2) is 0 Å². The first-order chi connectivity index (χ1) is 8.54. The number of nitrogens with two attached hydrogens (primary N) is 1. The van der Waals surface area contributed by atoms with Crippen LogP contribution in [0.4, 0.5) is 0 Å². The maximum absolute atomic E-state index is 12.2. The van der Waals surface area contributed by atoms with Crippen molar-refractivity contribution in [1.29, 1.82) is 0 Å². The molecule has 2 unspecified atom stereocenters. The van der Waals surface area contributed by atoms with E-state index in [2.05, 4.69) is 12.2 Å². The lowest BCUT2D eigenvalue weighted by Crippen LogP contribution is -2.54. The van der Waals surface area contributed by atoms with Crippen molar-refractivity contribution in [3.63, 3.8) is 0 Å². The van der Waals surface area contributed by atoms with Gasteiger partial charge in [0, 0.05) is 12.0 Å². The number of aliphatic hydroxyl groups is 1. The zero-order valence-electron chi connectivity index (χ0n) is 11.3. The van der Waals surface area contributed by atoms with E-state index in [1.54, 1.807) is 0 Å². The Hall–Kier alpha value is -0.610. The summed E-state index contributed by atoms with van der Waals surface area (Å²) in [5, 5.41) is 12.8. The van der Waals surface area contributed by atoms with Crippen molar-refractivity contribution in [3.05, 3.63) is 0 Å². The average molecular weight is 254 g/mol. The Morgan fingerprint density at radius 1 is 1.33 bits per heavy atom. The summed E-state index contributed by atoms with van der Waals surface area (Å²) in [6.45, 7) is 2.29. The molecule has 4 N–H and O–H groups in total. The van der Waals surface area contributed by atoms with Crippen molar-refractivity contribution in [2.45, 2.75) is 63.5 Å². The second kappa shape index (κ2) is 5.57. The van der Waals surface area contributed by atoms with Crippen molar-refractivity contribution in [2.24, 2.45) is 17.6 Å². The van der Waals surface area contributed by atoms with Crippen molar-refractivity contribution in [1.82, 2.24) is 5.32 Å². The van der Waals surface area contributed by atoms with Crippen molar-refractivity contribution in [2.75, 3.05) is 6.61 Å². The minimum Gasteiger partial charge on any atom is -0.394 e. The molecule has 2 aliphatic carbocycles. The van der Waals surface area contributed by atoms with Gasteiger partial charge >= 0.3 is 0 Å². The maximum atomic E-state index is 12.2. The number of aliphatic hydroxyl groups excluding tert-OH is 1. The molecule has 2 fully saturated rings. The third-order valence-electron chi connectivity index (χ3n) is 4.77. The molecule has 4 heteroatoms. The second-order valence-electron chi connectivity index (χ2n) is 6.38. The quantitative estimate of drug-likeness (QED) is 0.707. The van der Waals surface area contributed by atoms with E-state index in [-0.39, 0.29) is 30.0 Å². The van der Waals surface area contributed by atoms with Crippen LogP contribution < -0.4 is 11.1 Å². The molecule has 1 amide bonds. The van der Waals surface area contributed by atoms with Crippen molar-refractivity contribution < 1.29 is 9.90 Å². The molecule has 4 nitrogen and oxygen atoms in total. The fraction of sp³-hybridized carbons (Fsp3) is 0.929. The highest BCUT2D eigenvalue weighted by atomic mass is 16.3. The number of hydrogen-bond donors (Lipinski definition) is 3. The topological polar surface area (TPSA) is 75.3 Å². The van der Waals surface area contributed by atoms with Crippen LogP contribution in [0.5, 0.6) is 0 Å². The van der Waals surface area contributed by atoms with Crippen molar-refractivity contribution in [3.8, 4) is 0 Å². The maximum Gasteiger partial charge on any atom is 0.223 e. The molecule has 0 radical (unpaired) electrons. The number of carbonyl (C=O) groups excluding carboxylic acids is 1. The molecule has 0 aliphatic heterocycles. The molecule has 2 aliphatic rings. The highest BCUT2D eigenvalue weighted by Crippen LogP contribution is 2.33. The van der Waals surface area contributed by atoms with Gasteiger partial charge in [-0.1, -0.05) is 6.92 Å². The summed E-state index contributed by atoms with van der Waals surface area (Å²) in [6.07, 6.45) is 6.61. The molecule has 0 saturated heterocycles. The Kier molecular flexibility index (Phi) is 4.28. The van der Waals surface area contributed by atoms with Gasteiger partial charge in [-0.3, -0.25) is 4.79 Å². The molecule has 2 rings (SSSR count). The normalized spacial score (nSPS) is 40.7. The zero-order valence-corrected chi connectivity index (χ0v) is 11.3. The smallest absolute Gasteiger partial charge is 0.223 e. The number of amides is 1. The molecule has 0 aromatic heterocycles. The number of nitrogens with one attached hydrogen (secondary N) is 1. The standard InChI is InChI=1S/C14H26N2O2/c1-10-4-6-14(9-17,7-5-10)16-13(18)11-2-3-12(15)8-11/h10-12,17H,2-9,15H2,1H3,(H,16,18). The van der Waals surface area contributed by atoms with Gasteiger partial charge in [0.25, 0.3) is 0 Å². The lowest BCUT2D eigenvalue weighted by atomic mass is 9.77. The largest absolute Gasteiger partial charge is 0.394 e. The van der Waals surface area contributed by atoms with Gasteiger partial charge in [0.2, 0.25) is 5.91 Å². The van der Waals surface area contributed by atoms with Gasteiger partial charge < -0.3 is 16.2 Å². The van der Waals surface area contributed by atoms with Gasteiger partial charge in [-0.25, -0.2) is 0 Å². The van der Waals surface area contributed by atoms with Gasteiger partial charge in [-0.05, 0) is 50.9 Å². The van der Waals surface area contributed by atoms with Crippen LogP contribution in [0.3, 0.4) is 0 Å². The minimum absolute atomic E-state index is 0.0581. The molecular weight excluding hydrogens is 228 g/mol. The van der Waals surface area contributed by atoms with Crippen LogP contribution in [0.1, 0.15) is 51.9 Å². The Labute approximate surface area is 109 Å². The summed E-state index contributed by atoms with van der Waals surface area (Å²) in [4.78, 5) is 12.2. The molecule has 2 atom stereocenters. The number of rotatable bonds is 3. The Bertz CT molecular complexity index is 298. The average Bonchev–Trinajstić information content (AvgIpc) is 2.79. The minimum atomic E-state index is -0.365. The SMILES string of the molecule is CC1CCC(CO)(NC(=O)C2CCC(N)C2)CC1. The molecule has 18 heavy (non-hydrogen) atoms. The predicted octanol–water partition coefficient (Wildman–Crippen LogP) is 1.17. The molecule has 0 heterocycles. The summed E-state index contributed by atoms with van der Waals surface area (Å²) in [5.74, 6) is 0.871. The molecule has 0 aromatic rings. The molecule has 2 saturated carbocycles.